The van der Waals surface area contributed by atoms with Gasteiger partial charge in [0.05, 0.1) is 17.3 Å². The summed E-state index contributed by atoms with van der Waals surface area (Å²) in [5.74, 6) is -0.0373. The van der Waals surface area contributed by atoms with Crippen LogP contribution in [0.2, 0.25) is 5.02 Å². The first-order valence-electron chi connectivity index (χ1n) is 7.12. The molecular weight excluding hydrogens is 274 g/mol. The number of carbonyl (C=O) groups excluding carboxylic acids is 1. The first-order chi connectivity index (χ1) is 9.51. The van der Waals surface area contributed by atoms with Crippen LogP contribution in [0.25, 0.3) is 0 Å². The molecule has 0 radical (unpaired) electrons. The van der Waals surface area contributed by atoms with Crippen LogP contribution in [0, 0.1) is 0 Å². The van der Waals surface area contributed by atoms with Gasteiger partial charge in [-0.1, -0.05) is 18.5 Å². The molecule has 1 aliphatic heterocycles. The number of carbonyl (C=O) groups is 1. The number of nitrogen functional groups attached to an aromatic ring is 1. The van der Waals surface area contributed by atoms with Gasteiger partial charge in [-0.15, -0.1) is 0 Å². The van der Waals surface area contributed by atoms with Crippen LogP contribution in [0.15, 0.2) is 18.2 Å². The lowest BCUT2D eigenvalue weighted by molar-refractivity contribution is -0.118. The van der Waals surface area contributed by atoms with Gasteiger partial charge in [0.1, 0.15) is 0 Å². The molecule has 2 unspecified atom stereocenters. The van der Waals surface area contributed by atoms with E-state index in [2.05, 4.69) is 24.1 Å². The third kappa shape index (κ3) is 3.44. The number of hydrogen-bond donors (Lipinski definition) is 2. The summed E-state index contributed by atoms with van der Waals surface area (Å²) in [5, 5.41) is 3.36. The number of rotatable bonds is 4. The molecule has 5 heteroatoms. The molecule has 4 nitrogen and oxygen atoms in total. The van der Waals surface area contributed by atoms with E-state index < -0.39 is 0 Å². The van der Waals surface area contributed by atoms with Crippen LogP contribution in [0.5, 0.6) is 0 Å². The molecule has 1 aromatic rings. The number of amides is 1. The minimum atomic E-state index is -0.0373. The second-order valence-electron chi connectivity index (χ2n) is 5.45. The number of hydrogen-bond acceptors (Lipinski definition) is 3. The topological polar surface area (TPSA) is 58.4 Å². The normalized spacial score (nSPS) is 22.9. The second-order valence-corrected chi connectivity index (χ2v) is 5.86. The average Bonchev–Trinajstić information content (AvgIpc) is 2.75. The maximum atomic E-state index is 12.2. The SMILES string of the molecule is CCC1CCC(C)N1CC(=O)Nc1cc(N)ccc1Cl. The van der Waals surface area contributed by atoms with Gasteiger partial charge in [0.15, 0.2) is 0 Å². The fourth-order valence-electron chi connectivity index (χ4n) is 2.84. The number of benzene rings is 1. The molecule has 0 aliphatic carbocycles. The largest absolute Gasteiger partial charge is 0.399 e. The van der Waals surface area contributed by atoms with Crippen molar-refractivity contribution < 1.29 is 4.79 Å². The molecule has 1 amide bonds. The van der Waals surface area contributed by atoms with Gasteiger partial charge in [-0.05, 0) is 44.4 Å². The Kier molecular flexibility index (Phi) is 4.89. The van der Waals surface area contributed by atoms with Crippen LogP contribution in [-0.4, -0.2) is 29.4 Å². The molecular formula is C15H22ClN3O. The average molecular weight is 296 g/mol. The lowest BCUT2D eigenvalue weighted by atomic mass is 10.1. The predicted molar refractivity (Wildman–Crippen MR) is 84.0 cm³/mol. The number of nitrogens with zero attached hydrogens (tertiary/aromatic N) is 1. The van der Waals surface area contributed by atoms with Gasteiger partial charge in [0, 0.05) is 17.8 Å². The van der Waals surface area contributed by atoms with Crippen molar-refractivity contribution in [2.45, 2.75) is 45.2 Å². The van der Waals surface area contributed by atoms with Gasteiger partial charge in [-0.2, -0.15) is 0 Å². The van der Waals surface area contributed by atoms with Crippen molar-refractivity contribution in [2.75, 3.05) is 17.6 Å². The first-order valence-corrected chi connectivity index (χ1v) is 7.49. The van der Waals surface area contributed by atoms with E-state index in [0.29, 0.717) is 35.0 Å². The summed E-state index contributed by atoms with van der Waals surface area (Å²) in [6.45, 7) is 4.75. The highest BCUT2D eigenvalue weighted by atomic mass is 35.5. The third-order valence-electron chi connectivity index (χ3n) is 4.01. The Bertz CT molecular complexity index is 492. The monoisotopic (exact) mass is 295 g/mol. The van der Waals surface area contributed by atoms with E-state index in [0.717, 1.165) is 12.8 Å². The van der Waals surface area contributed by atoms with Gasteiger partial charge in [-0.25, -0.2) is 0 Å². The molecule has 1 aromatic carbocycles. The van der Waals surface area contributed by atoms with E-state index in [-0.39, 0.29) is 5.91 Å². The summed E-state index contributed by atoms with van der Waals surface area (Å²) in [6, 6.07) is 6.06. The highest BCUT2D eigenvalue weighted by molar-refractivity contribution is 6.33. The van der Waals surface area contributed by atoms with E-state index in [1.165, 1.54) is 6.42 Å². The molecule has 0 spiro atoms. The maximum absolute atomic E-state index is 12.2. The Morgan fingerprint density at radius 3 is 2.95 bits per heavy atom. The molecule has 0 aromatic heterocycles. The summed E-state index contributed by atoms with van der Waals surface area (Å²) in [7, 11) is 0. The van der Waals surface area contributed by atoms with E-state index in [9.17, 15) is 4.79 Å². The molecule has 3 N–H and O–H groups in total. The number of anilines is 2. The van der Waals surface area contributed by atoms with Crippen molar-refractivity contribution in [3.05, 3.63) is 23.2 Å². The molecule has 110 valence electrons. The summed E-state index contributed by atoms with van der Waals surface area (Å²) in [6.07, 6.45) is 3.41. The van der Waals surface area contributed by atoms with Gasteiger partial charge in [-0.3, -0.25) is 9.69 Å². The summed E-state index contributed by atoms with van der Waals surface area (Å²) < 4.78 is 0. The van der Waals surface area contributed by atoms with E-state index >= 15 is 0 Å². The number of halogens is 1. The Morgan fingerprint density at radius 2 is 2.25 bits per heavy atom. The van der Waals surface area contributed by atoms with Gasteiger partial charge >= 0.3 is 0 Å². The molecule has 0 bridgehead atoms. The third-order valence-corrected chi connectivity index (χ3v) is 4.34. The standard InChI is InChI=1S/C15H22ClN3O/c1-3-12-6-4-10(2)19(12)9-15(20)18-14-8-11(17)5-7-13(14)16/h5,7-8,10,12H,3-4,6,9,17H2,1-2H3,(H,18,20). The Labute approximate surface area is 125 Å². The predicted octanol–water partition coefficient (Wildman–Crippen LogP) is 3.12. The van der Waals surface area contributed by atoms with Crippen LogP contribution in [0.3, 0.4) is 0 Å². The number of nitrogens with one attached hydrogen (secondary N) is 1. The van der Waals surface area contributed by atoms with Crippen LogP contribution in [0.4, 0.5) is 11.4 Å². The summed E-state index contributed by atoms with van der Waals surface area (Å²) in [4.78, 5) is 14.5. The zero-order valence-electron chi connectivity index (χ0n) is 12.0. The number of likely N-dealkylation sites (tertiary alicyclic amines) is 1. The highest BCUT2D eigenvalue weighted by Gasteiger charge is 2.30. The van der Waals surface area contributed by atoms with Crippen molar-refractivity contribution in [2.24, 2.45) is 0 Å². The Balaban J connectivity index is 2.00. The fourth-order valence-corrected chi connectivity index (χ4v) is 3.01. The van der Waals surface area contributed by atoms with Crippen LogP contribution < -0.4 is 11.1 Å². The lowest BCUT2D eigenvalue weighted by Gasteiger charge is -2.26. The molecule has 1 heterocycles. The maximum Gasteiger partial charge on any atom is 0.238 e. The molecule has 20 heavy (non-hydrogen) atoms. The zero-order chi connectivity index (χ0) is 14.7. The Hall–Kier alpha value is -1.26. The first kappa shape index (κ1) is 15.1. The summed E-state index contributed by atoms with van der Waals surface area (Å²) >= 11 is 6.06. The van der Waals surface area contributed by atoms with Crippen LogP contribution in [0.1, 0.15) is 33.1 Å². The molecule has 2 rings (SSSR count). The zero-order valence-corrected chi connectivity index (χ0v) is 12.8. The van der Waals surface area contributed by atoms with E-state index in [4.69, 9.17) is 17.3 Å². The minimum Gasteiger partial charge on any atom is -0.399 e. The van der Waals surface area contributed by atoms with Gasteiger partial charge in [0.25, 0.3) is 0 Å². The van der Waals surface area contributed by atoms with Crippen molar-refractivity contribution in [1.29, 1.82) is 0 Å². The molecule has 1 saturated heterocycles. The highest BCUT2D eigenvalue weighted by Crippen LogP contribution is 2.27. The van der Waals surface area contributed by atoms with E-state index in [1.807, 2.05) is 0 Å². The minimum absolute atomic E-state index is 0.0373. The fraction of sp³-hybridized carbons (Fsp3) is 0.533. The lowest BCUT2D eigenvalue weighted by Crippen LogP contribution is -2.40. The van der Waals surface area contributed by atoms with Crippen molar-refractivity contribution >= 4 is 28.9 Å². The molecule has 1 aliphatic rings. The summed E-state index contributed by atoms with van der Waals surface area (Å²) in [5.41, 5.74) is 6.88. The molecule has 0 saturated carbocycles. The van der Waals surface area contributed by atoms with Crippen molar-refractivity contribution in [3.8, 4) is 0 Å². The van der Waals surface area contributed by atoms with Crippen molar-refractivity contribution in [3.63, 3.8) is 0 Å². The smallest absolute Gasteiger partial charge is 0.238 e. The molecule has 1 fully saturated rings. The number of nitrogens with two attached hydrogens (primary N) is 1. The molecule has 2 atom stereocenters. The second kappa shape index (κ2) is 6.46. The van der Waals surface area contributed by atoms with Crippen LogP contribution in [-0.2, 0) is 4.79 Å². The quantitative estimate of drug-likeness (QED) is 0.839. The van der Waals surface area contributed by atoms with Crippen molar-refractivity contribution in [1.82, 2.24) is 4.90 Å². The van der Waals surface area contributed by atoms with Gasteiger partial charge in [0.2, 0.25) is 5.91 Å². The van der Waals surface area contributed by atoms with Gasteiger partial charge < -0.3 is 11.1 Å². The van der Waals surface area contributed by atoms with E-state index in [1.54, 1.807) is 18.2 Å². The van der Waals surface area contributed by atoms with Crippen LogP contribution >= 0.6 is 11.6 Å². The Morgan fingerprint density at radius 1 is 1.50 bits per heavy atom.